The molecule has 0 saturated carbocycles. The van der Waals surface area contributed by atoms with Crippen molar-refractivity contribution in [1.29, 1.82) is 0 Å². The predicted octanol–water partition coefficient (Wildman–Crippen LogP) is 3.70. The van der Waals surface area contributed by atoms with E-state index in [1.807, 2.05) is 42.2 Å². The van der Waals surface area contributed by atoms with Gasteiger partial charge in [0.2, 0.25) is 5.91 Å². The van der Waals surface area contributed by atoms with Crippen LogP contribution in [0, 0.1) is 0 Å². The van der Waals surface area contributed by atoms with Gasteiger partial charge in [-0.15, -0.1) is 24.0 Å². The van der Waals surface area contributed by atoms with E-state index in [0.717, 1.165) is 49.2 Å². The number of carbonyl (C=O) groups excluding carboxylic acids is 1. The number of amides is 1. The second-order valence-electron chi connectivity index (χ2n) is 7.38. The Hall–Kier alpha value is -2.13. The lowest BCUT2D eigenvalue weighted by Crippen LogP contribution is -2.44. The molecule has 1 aliphatic heterocycles. The molecule has 1 aliphatic rings. The molecule has 31 heavy (non-hydrogen) atoms. The van der Waals surface area contributed by atoms with Crippen LogP contribution in [0.3, 0.4) is 0 Å². The Kier molecular flexibility index (Phi) is 11.4. The minimum atomic E-state index is 0. The molecule has 0 radical (unpaired) electrons. The van der Waals surface area contributed by atoms with Crippen LogP contribution < -0.4 is 10.6 Å². The number of nitrogens with one attached hydrogen (secondary N) is 2. The highest BCUT2D eigenvalue weighted by Crippen LogP contribution is 2.13. The molecule has 3 rings (SSSR count). The molecule has 2 N–H and O–H groups in total. The predicted molar refractivity (Wildman–Crippen MR) is 135 cm³/mol. The largest absolute Gasteiger partial charge is 0.372 e. The highest BCUT2D eigenvalue weighted by Gasteiger charge is 2.17. The molecule has 1 heterocycles. The van der Waals surface area contributed by atoms with Crippen LogP contribution in [0.4, 0.5) is 0 Å². The van der Waals surface area contributed by atoms with Crippen molar-refractivity contribution in [3.63, 3.8) is 0 Å². The van der Waals surface area contributed by atoms with Crippen LogP contribution in [0.25, 0.3) is 0 Å². The summed E-state index contributed by atoms with van der Waals surface area (Å²) < 4.78 is 5.91. The quantitative estimate of drug-likeness (QED) is 0.292. The first-order chi connectivity index (χ1) is 14.8. The lowest BCUT2D eigenvalue weighted by Gasteiger charge is -2.17. The van der Waals surface area contributed by atoms with E-state index in [9.17, 15) is 4.79 Å². The summed E-state index contributed by atoms with van der Waals surface area (Å²) in [6.07, 6.45) is 2.20. The molecule has 0 aliphatic carbocycles. The number of guanidine groups is 1. The van der Waals surface area contributed by atoms with Crippen molar-refractivity contribution in [2.75, 3.05) is 26.2 Å². The van der Waals surface area contributed by atoms with Crippen molar-refractivity contribution in [3.8, 4) is 0 Å². The lowest BCUT2D eigenvalue weighted by molar-refractivity contribution is -0.128. The van der Waals surface area contributed by atoms with Crippen molar-refractivity contribution >= 4 is 35.8 Å². The third-order valence-corrected chi connectivity index (χ3v) is 5.11. The van der Waals surface area contributed by atoms with Gasteiger partial charge in [0.05, 0.1) is 26.3 Å². The summed E-state index contributed by atoms with van der Waals surface area (Å²) >= 11 is 0. The smallest absolute Gasteiger partial charge is 0.241 e. The minimum absolute atomic E-state index is 0. The van der Waals surface area contributed by atoms with E-state index in [0.29, 0.717) is 25.7 Å². The molecule has 0 bridgehead atoms. The van der Waals surface area contributed by atoms with Gasteiger partial charge in [-0.25, -0.2) is 4.99 Å². The second kappa shape index (κ2) is 14.0. The van der Waals surface area contributed by atoms with Gasteiger partial charge >= 0.3 is 0 Å². The Labute approximate surface area is 202 Å². The summed E-state index contributed by atoms with van der Waals surface area (Å²) in [6, 6.07) is 18.4. The number of likely N-dealkylation sites (tertiary alicyclic amines) is 1. The zero-order valence-electron chi connectivity index (χ0n) is 18.2. The third-order valence-electron chi connectivity index (χ3n) is 5.11. The third kappa shape index (κ3) is 8.49. The lowest BCUT2D eigenvalue weighted by atomic mass is 10.1. The zero-order chi connectivity index (χ0) is 21.0. The van der Waals surface area contributed by atoms with E-state index in [2.05, 4.69) is 39.9 Å². The Balaban J connectivity index is 0.00000341. The van der Waals surface area contributed by atoms with E-state index >= 15 is 0 Å². The Bertz CT molecular complexity index is 823. The van der Waals surface area contributed by atoms with E-state index in [1.54, 1.807) is 0 Å². The number of carbonyl (C=O) groups is 1. The first-order valence-corrected chi connectivity index (χ1v) is 10.7. The summed E-state index contributed by atoms with van der Waals surface area (Å²) in [4.78, 5) is 18.9. The van der Waals surface area contributed by atoms with Crippen molar-refractivity contribution in [2.45, 2.75) is 39.5 Å². The molecule has 1 saturated heterocycles. The van der Waals surface area contributed by atoms with Gasteiger partial charge in [0.25, 0.3) is 0 Å². The maximum atomic E-state index is 12.3. The molecule has 1 amide bonds. The number of halogens is 1. The summed E-state index contributed by atoms with van der Waals surface area (Å²) in [6.45, 7) is 6.41. The fraction of sp³-hybridized carbons (Fsp3) is 0.417. The summed E-state index contributed by atoms with van der Waals surface area (Å²) in [7, 11) is 0. The Morgan fingerprint density at radius 2 is 1.65 bits per heavy atom. The summed E-state index contributed by atoms with van der Waals surface area (Å²) in [5.41, 5.74) is 3.41. The minimum Gasteiger partial charge on any atom is -0.372 e. The fourth-order valence-corrected chi connectivity index (χ4v) is 3.45. The molecule has 6 nitrogen and oxygen atoms in total. The fourth-order valence-electron chi connectivity index (χ4n) is 3.45. The number of rotatable bonds is 9. The Morgan fingerprint density at radius 1 is 0.968 bits per heavy atom. The number of benzene rings is 2. The van der Waals surface area contributed by atoms with Crippen molar-refractivity contribution in [2.24, 2.45) is 4.99 Å². The van der Waals surface area contributed by atoms with E-state index in [4.69, 9.17) is 4.74 Å². The average molecular weight is 536 g/mol. The molecule has 0 spiro atoms. The first kappa shape index (κ1) is 25.1. The topological polar surface area (TPSA) is 66.0 Å². The maximum Gasteiger partial charge on any atom is 0.241 e. The first-order valence-electron chi connectivity index (χ1n) is 10.7. The van der Waals surface area contributed by atoms with Crippen LogP contribution >= 0.6 is 24.0 Å². The molecule has 0 aromatic heterocycles. The normalized spacial score (nSPS) is 13.6. The zero-order valence-corrected chi connectivity index (χ0v) is 20.5. The molecule has 0 unspecified atom stereocenters. The van der Waals surface area contributed by atoms with Crippen LogP contribution in [-0.2, 0) is 29.3 Å². The molecular formula is C24H33IN4O2. The van der Waals surface area contributed by atoms with Crippen LogP contribution in [0.2, 0.25) is 0 Å². The second-order valence-corrected chi connectivity index (χ2v) is 7.38. The molecular weight excluding hydrogens is 503 g/mol. The SMILES string of the molecule is CCNC(=NCc1ccccc1COCc1ccccc1)NCC(=O)N1CCCC1.I. The average Bonchev–Trinajstić information content (AvgIpc) is 3.32. The van der Waals surface area contributed by atoms with Crippen LogP contribution in [0.5, 0.6) is 0 Å². The van der Waals surface area contributed by atoms with Crippen molar-refractivity contribution < 1.29 is 9.53 Å². The molecule has 7 heteroatoms. The number of aliphatic imine (C=N–C) groups is 1. The monoisotopic (exact) mass is 536 g/mol. The van der Waals surface area contributed by atoms with Gasteiger partial charge in [-0.2, -0.15) is 0 Å². The van der Waals surface area contributed by atoms with Gasteiger partial charge in [0, 0.05) is 19.6 Å². The molecule has 0 atom stereocenters. The molecule has 168 valence electrons. The molecule has 1 fully saturated rings. The van der Waals surface area contributed by atoms with Gasteiger partial charge in [-0.05, 0) is 36.5 Å². The number of ether oxygens (including phenoxy) is 1. The summed E-state index contributed by atoms with van der Waals surface area (Å²) in [5, 5.41) is 6.39. The van der Waals surface area contributed by atoms with Crippen molar-refractivity contribution in [1.82, 2.24) is 15.5 Å². The van der Waals surface area contributed by atoms with E-state index < -0.39 is 0 Å². The maximum absolute atomic E-state index is 12.3. The van der Waals surface area contributed by atoms with Crippen LogP contribution in [0.1, 0.15) is 36.5 Å². The van der Waals surface area contributed by atoms with Gasteiger partial charge in [-0.3, -0.25) is 4.79 Å². The Morgan fingerprint density at radius 3 is 2.35 bits per heavy atom. The van der Waals surface area contributed by atoms with E-state index in [1.165, 1.54) is 0 Å². The number of hydrogen-bond acceptors (Lipinski definition) is 3. The van der Waals surface area contributed by atoms with E-state index in [-0.39, 0.29) is 36.4 Å². The molecule has 2 aromatic carbocycles. The van der Waals surface area contributed by atoms with Gasteiger partial charge in [0.1, 0.15) is 0 Å². The summed E-state index contributed by atoms with van der Waals surface area (Å²) in [5.74, 6) is 0.790. The van der Waals surface area contributed by atoms with Crippen LogP contribution in [-0.4, -0.2) is 42.9 Å². The highest BCUT2D eigenvalue weighted by atomic mass is 127. The number of nitrogens with zero attached hydrogens (tertiary/aromatic N) is 2. The molecule has 2 aromatic rings. The highest BCUT2D eigenvalue weighted by molar-refractivity contribution is 14.0. The standard InChI is InChI=1S/C24H32N4O2.HI/c1-2-25-24(27-17-23(29)28-14-8-9-15-28)26-16-21-12-6-7-13-22(21)19-30-18-20-10-4-3-5-11-20;/h3-7,10-13H,2,8-9,14-19H2,1H3,(H2,25,26,27);1H. The van der Waals surface area contributed by atoms with Gasteiger partial charge in [-0.1, -0.05) is 54.6 Å². The van der Waals surface area contributed by atoms with Gasteiger partial charge in [0.15, 0.2) is 5.96 Å². The van der Waals surface area contributed by atoms with Gasteiger partial charge < -0.3 is 20.3 Å². The van der Waals surface area contributed by atoms with Crippen LogP contribution in [0.15, 0.2) is 59.6 Å². The number of hydrogen-bond donors (Lipinski definition) is 2. The van der Waals surface area contributed by atoms with Crippen molar-refractivity contribution in [3.05, 3.63) is 71.3 Å².